The fraction of sp³-hybridized carbons (Fsp3) is 0.278. The second-order valence-electron chi connectivity index (χ2n) is 5.24. The van der Waals surface area contributed by atoms with Crippen LogP contribution in [0.2, 0.25) is 0 Å². The fourth-order valence-electron chi connectivity index (χ4n) is 2.13. The molecule has 0 spiro atoms. The minimum atomic E-state index is -0.548. The lowest BCUT2D eigenvalue weighted by atomic mass is 10.1. The lowest BCUT2D eigenvalue weighted by molar-refractivity contribution is 0.216. The van der Waals surface area contributed by atoms with E-state index in [1.54, 1.807) is 18.2 Å². The molecule has 0 radical (unpaired) electrons. The van der Waals surface area contributed by atoms with Crippen molar-refractivity contribution >= 4 is 27.6 Å². The van der Waals surface area contributed by atoms with Crippen LogP contribution in [-0.2, 0) is 6.61 Å². The first-order valence-corrected chi connectivity index (χ1v) is 8.87. The molecule has 0 saturated carbocycles. The number of rotatable bonds is 4. The van der Waals surface area contributed by atoms with Crippen molar-refractivity contribution in [3.8, 4) is 11.5 Å². The highest BCUT2D eigenvalue weighted by atomic mass is 79.9. The largest absolute Gasteiger partial charge is 0.508 e. The predicted octanol–water partition coefficient (Wildman–Crippen LogP) is 3.67. The summed E-state index contributed by atoms with van der Waals surface area (Å²) in [4.78, 5) is 12.0. The first kappa shape index (κ1) is 21.8. The maximum atomic E-state index is 12.0. The van der Waals surface area contributed by atoms with Crippen LogP contribution in [0.3, 0.4) is 0 Å². The predicted molar refractivity (Wildman–Crippen MR) is 107 cm³/mol. The molecule has 0 unspecified atom stereocenters. The summed E-state index contributed by atoms with van der Waals surface area (Å²) in [7, 11) is 1.42. The van der Waals surface area contributed by atoms with E-state index in [4.69, 9.17) is 16.4 Å². The Balaban J connectivity index is 0.00000163. The number of benzene rings is 2. The van der Waals surface area contributed by atoms with Crippen LogP contribution in [0.1, 0.15) is 25.0 Å². The minimum absolute atomic E-state index is 0.135. The van der Waals surface area contributed by atoms with E-state index < -0.39 is 6.03 Å². The van der Waals surface area contributed by atoms with Crippen LogP contribution in [-0.4, -0.2) is 23.2 Å². The quantitative estimate of drug-likeness (QED) is 0.394. The van der Waals surface area contributed by atoms with E-state index in [1.165, 1.54) is 19.2 Å². The zero-order valence-electron chi connectivity index (χ0n) is 15.4. The molecule has 2 aromatic rings. The summed E-state index contributed by atoms with van der Waals surface area (Å²) < 4.78 is 6.42. The van der Waals surface area contributed by atoms with E-state index in [9.17, 15) is 9.90 Å². The number of nitrogens with zero attached hydrogens (tertiary/aromatic N) is 2. The normalized spacial score (nSPS) is 9.81. The van der Waals surface area contributed by atoms with Gasteiger partial charge in [-0.15, -0.1) is 0 Å². The maximum Gasteiger partial charge on any atom is 0.352 e. The van der Waals surface area contributed by atoms with Crippen LogP contribution in [0.5, 0.6) is 11.5 Å². The molecule has 7 nitrogen and oxygen atoms in total. The Morgan fingerprint density at radius 1 is 1.23 bits per heavy atom. The number of anilines is 1. The van der Waals surface area contributed by atoms with Crippen molar-refractivity contribution in [3.63, 3.8) is 0 Å². The molecule has 0 fully saturated rings. The molecule has 0 aromatic heterocycles. The summed E-state index contributed by atoms with van der Waals surface area (Å²) in [6, 6.07) is 9.59. The van der Waals surface area contributed by atoms with Crippen LogP contribution in [0.4, 0.5) is 10.5 Å². The van der Waals surface area contributed by atoms with E-state index in [2.05, 4.69) is 15.9 Å². The van der Waals surface area contributed by atoms with Crippen LogP contribution < -0.4 is 21.4 Å². The lowest BCUT2D eigenvalue weighted by Gasteiger charge is -2.24. The first-order chi connectivity index (χ1) is 12.3. The van der Waals surface area contributed by atoms with Crippen molar-refractivity contribution < 1.29 is 14.6 Å². The molecule has 0 aliphatic rings. The summed E-state index contributed by atoms with van der Waals surface area (Å²) in [6.45, 7) is 6.10. The SMILES string of the molecule is CC.Cc1cccc(N(N)C(=O)N(C)N)c1COc1ccc(O)cc1Br. The molecule has 2 rings (SSSR count). The average molecular weight is 425 g/mol. The van der Waals surface area contributed by atoms with Gasteiger partial charge in [0.25, 0.3) is 0 Å². The van der Waals surface area contributed by atoms with Gasteiger partial charge in [0.15, 0.2) is 0 Å². The van der Waals surface area contributed by atoms with Gasteiger partial charge in [0.2, 0.25) is 0 Å². The summed E-state index contributed by atoms with van der Waals surface area (Å²) in [6.07, 6.45) is 0. The number of aryl methyl sites for hydroxylation is 1. The van der Waals surface area contributed by atoms with E-state index in [-0.39, 0.29) is 12.4 Å². The van der Waals surface area contributed by atoms with Crippen LogP contribution >= 0.6 is 15.9 Å². The Kier molecular flexibility index (Phi) is 8.37. The van der Waals surface area contributed by atoms with Crippen molar-refractivity contribution in [2.45, 2.75) is 27.4 Å². The number of aromatic hydroxyl groups is 1. The zero-order chi connectivity index (χ0) is 19.9. The monoisotopic (exact) mass is 424 g/mol. The van der Waals surface area contributed by atoms with Crippen molar-refractivity contribution in [2.75, 3.05) is 12.1 Å². The molecular formula is C18H25BrN4O3. The standard InChI is InChI=1S/C16H19BrN4O3.C2H6/c1-10-4-3-5-14(21(19)16(23)20(2)18)12(10)9-24-15-7-6-11(22)8-13(15)17;1-2/h3-8,22H,9,18-19H2,1-2H3;1-2H3. The number of phenolic OH excluding ortho intramolecular Hbond substituents is 1. The number of hydrogen-bond donors (Lipinski definition) is 3. The van der Waals surface area contributed by atoms with Crippen molar-refractivity contribution in [1.82, 2.24) is 5.01 Å². The van der Waals surface area contributed by atoms with Gasteiger partial charge >= 0.3 is 6.03 Å². The molecule has 0 bridgehead atoms. The molecule has 26 heavy (non-hydrogen) atoms. The fourth-order valence-corrected chi connectivity index (χ4v) is 2.61. The maximum absolute atomic E-state index is 12.0. The van der Waals surface area contributed by atoms with Gasteiger partial charge in [-0.05, 0) is 52.7 Å². The molecule has 2 aromatic carbocycles. The van der Waals surface area contributed by atoms with Crippen LogP contribution in [0, 0.1) is 6.92 Å². The molecule has 0 atom stereocenters. The Labute approximate surface area is 162 Å². The molecule has 8 heteroatoms. The Hall–Kier alpha value is -2.29. The highest BCUT2D eigenvalue weighted by Gasteiger charge is 2.19. The van der Waals surface area contributed by atoms with E-state index >= 15 is 0 Å². The highest BCUT2D eigenvalue weighted by Crippen LogP contribution is 2.31. The average Bonchev–Trinajstić information content (AvgIpc) is 2.62. The van der Waals surface area contributed by atoms with E-state index in [1.807, 2.05) is 26.8 Å². The molecule has 142 valence electrons. The molecule has 0 heterocycles. The van der Waals surface area contributed by atoms with Gasteiger partial charge in [0.05, 0.1) is 10.2 Å². The van der Waals surface area contributed by atoms with Crippen molar-refractivity contribution in [3.05, 3.63) is 52.0 Å². The summed E-state index contributed by atoms with van der Waals surface area (Å²) >= 11 is 3.33. The number of hydrazine groups is 2. The smallest absolute Gasteiger partial charge is 0.352 e. The second-order valence-corrected chi connectivity index (χ2v) is 6.09. The van der Waals surface area contributed by atoms with Gasteiger partial charge in [0, 0.05) is 12.6 Å². The third kappa shape index (κ3) is 5.35. The number of ether oxygens (including phenoxy) is 1. The topological polar surface area (TPSA) is 105 Å². The number of carbonyl (C=O) groups excluding carboxylic acids is 1. The van der Waals surface area contributed by atoms with Crippen molar-refractivity contribution in [1.29, 1.82) is 0 Å². The van der Waals surface area contributed by atoms with Gasteiger partial charge in [-0.1, -0.05) is 26.0 Å². The Morgan fingerprint density at radius 3 is 2.46 bits per heavy atom. The van der Waals surface area contributed by atoms with E-state index in [0.29, 0.717) is 15.9 Å². The molecule has 5 N–H and O–H groups in total. The minimum Gasteiger partial charge on any atom is -0.508 e. The lowest BCUT2D eigenvalue weighted by Crippen LogP contribution is -2.49. The number of amides is 2. The van der Waals surface area contributed by atoms with Gasteiger partial charge in [0.1, 0.15) is 18.1 Å². The summed E-state index contributed by atoms with van der Waals surface area (Å²) in [5.74, 6) is 12.1. The third-order valence-corrected chi connectivity index (χ3v) is 4.06. The molecule has 2 amide bonds. The van der Waals surface area contributed by atoms with Crippen molar-refractivity contribution in [2.24, 2.45) is 11.7 Å². The Morgan fingerprint density at radius 2 is 1.88 bits per heavy atom. The zero-order valence-corrected chi connectivity index (χ0v) is 16.9. The molecule has 0 aliphatic carbocycles. The van der Waals surface area contributed by atoms with E-state index in [0.717, 1.165) is 21.1 Å². The number of phenols is 1. The summed E-state index contributed by atoms with van der Waals surface area (Å²) in [5, 5.41) is 11.3. The first-order valence-electron chi connectivity index (χ1n) is 8.08. The van der Waals surface area contributed by atoms with Crippen LogP contribution in [0.15, 0.2) is 40.9 Å². The molecular weight excluding hydrogens is 400 g/mol. The third-order valence-electron chi connectivity index (χ3n) is 3.44. The highest BCUT2D eigenvalue weighted by molar-refractivity contribution is 9.10. The number of carbonyl (C=O) groups is 1. The number of urea groups is 1. The molecule has 0 aliphatic heterocycles. The number of nitrogens with two attached hydrogens (primary N) is 2. The van der Waals surface area contributed by atoms with Gasteiger partial charge in [-0.25, -0.2) is 21.5 Å². The Bertz CT molecular complexity index is 753. The van der Waals surface area contributed by atoms with Gasteiger partial charge in [-0.3, -0.25) is 5.01 Å². The van der Waals surface area contributed by atoms with Gasteiger partial charge < -0.3 is 9.84 Å². The summed E-state index contributed by atoms with van der Waals surface area (Å²) in [5.41, 5.74) is 2.19. The van der Waals surface area contributed by atoms with Gasteiger partial charge in [-0.2, -0.15) is 0 Å². The van der Waals surface area contributed by atoms with Crippen LogP contribution in [0.25, 0.3) is 0 Å². The molecule has 0 saturated heterocycles. The number of halogens is 1. The number of hydrogen-bond acceptors (Lipinski definition) is 5. The second kappa shape index (κ2) is 10.0.